The maximum Gasteiger partial charge on any atom is 0.368 e. The first-order valence-electron chi connectivity index (χ1n) is 6.14. The first-order valence-corrected chi connectivity index (χ1v) is 7.40. The topological polar surface area (TPSA) is 74.4 Å². The molecule has 0 saturated carbocycles. The van der Waals surface area contributed by atoms with Gasteiger partial charge in [-0.2, -0.15) is 0 Å². The summed E-state index contributed by atoms with van der Waals surface area (Å²) in [5, 5.41) is -0.396. The Balaban J connectivity index is 2.79. The number of carbonyl (C=O) groups excluding carboxylic acids is 1. The molecule has 0 atom stereocenters. The summed E-state index contributed by atoms with van der Waals surface area (Å²) < 4.78 is 38.3. The number of aromatic nitrogens is 1. The SMILES string of the molecule is COc1c(C)ccc(-c2nc(C(=O)OI)c(Cl)c(N)c2F)c1F. The van der Waals surface area contributed by atoms with Gasteiger partial charge in [0.2, 0.25) is 0 Å². The first-order chi connectivity index (χ1) is 10.8. The molecule has 2 aromatic rings. The molecule has 2 N–H and O–H groups in total. The van der Waals surface area contributed by atoms with E-state index in [2.05, 4.69) is 8.05 Å². The van der Waals surface area contributed by atoms with Gasteiger partial charge in [-0.1, -0.05) is 17.7 Å². The Hall–Kier alpha value is -1.68. The van der Waals surface area contributed by atoms with Gasteiger partial charge in [0.05, 0.1) is 17.8 Å². The Morgan fingerprint density at radius 1 is 1.35 bits per heavy atom. The van der Waals surface area contributed by atoms with Crippen LogP contribution in [0.25, 0.3) is 11.3 Å². The summed E-state index contributed by atoms with van der Waals surface area (Å²) >= 11 is 7.13. The fraction of sp³-hybridized carbons (Fsp3) is 0.143. The van der Waals surface area contributed by atoms with Crippen molar-refractivity contribution < 1.29 is 21.4 Å². The van der Waals surface area contributed by atoms with Gasteiger partial charge in [-0.25, -0.2) is 18.6 Å². The van der Waals surface area contributed by atoms with E-state index in [0.29, 0.717) is 5.56 Å². The number of nitrogens with two attached hydrogens (primary N) is 1. The molecule has 0 spiro atoms. The Morgan fingerprint density at radius 3 is 2.57 bits per heavy atom. The molecule has 0 bridgehead atoms. The van der Waals surface area contributed by atoms with Gasteiger partial charge >= 0.3 is 5.97 Å². The highest BCUT2D eigenvalue weighted by molar-refractivity contribution is 14.1. The standard InChI is InChI=1S/C14H10ClF2IN2O3/c1-5-3-4-6(8(16)13(5)22-2)11-9(17)10(19)7(15)12(20-11)14(21)23-18/h3-4H,1-2H3,(H2,19,20). The van der Waals surface area contributed by atoms with Crippen molar-refractivity contribution in [1.82, 2.24) is 4.98 Å². The lowest BCUT2D eigenvalue weighted by molar-refractivity contribution is 0.0794. The molecule has 0 unspecified atom stereocenters. The minimum Gasteiger partial charge on any atom is -0.493 e. The summed E-state index contributed by atoms with van der Waals surface area (Å²) in [5.74, 6) is -2.85. The van der Waals surface area contributed by atoms with E-state index in [1.807, 2.05) is 0 Å². The Labute approximate surface area is 149 Å². The number of aryl methyl sites for hydroxylation is 1. The third kappa shape index (κ3) is 3.05. The number of pyridine rings is 1. The number of carbonyl (C=O) groups is 1. The van der Waals surface area contributed by atoms with Crippen molar-refractivity contribution in [1.29, 1.82) is 0 Å². The van der Waals surface area contributed by atoms with Crippen LogP contribution in [-0.2, 0) is 3.07 Å². The van der Waals surface area contributed by atoms with Crippen LogP contribution in [0.15, 0.2) is 12.1 Å². The highest BCUT2D eigenvalue weighted by Crippen LogP contribution is 2.36. The number of nitrogens with zero attached hydrogens (tertiary/aromatic N) is 1. The number of hydrogen-bond donors (Lipinski definition) is 1. The monoisotopic (exact) mass is 454 g/mol. The zero-order chi connectivity index (χ0) is 17.3. The fourth-order valence-electron chi connectivity index (χ4n) is 2.00. The van der Waals surface area contributed by atoms with Crippen LogP contribution in [0.1, 0.15) is 16.1 Å². The van der Waals surface area contributed by atoms with E-state index in [9.17, 15) is 13.6 Å². The van der Waals surface area contributed by atoms with Crippen LogP contribution in [0.5, 0.6) is 5.75 Å². The van der Waals surface area contributed by atoms with Crippen molar-refractivity contribution in [2.45, 2.75) is 6.92 Å². The lowest BCUT2D eigenvalue weighted by Gasteiger charge is -2.13. The highest BCUT2D eigenvalue weighted by Gasteiger charge is 2.25. The quantitative estimate of drug-likeness (QED) is 0.707. The summed E-state index contributed by atoms with van der Waals surface area (Å²) in [6, 6.07) is 2.84. The largest absolute Gasteiger partial charge is 0.493 e. The second kappa shape index (κ2) is 6.83. The zero-order valence-electron chi connectivity index (χ0n) is 11.9. The molecule has 0 aliphatic carbocycles. The number of halogens is 4. The molecule has 5 nitrogen and oxygen atoms in total. The fourth-order valence-corrected chi connectivity index (χ4v) is 2.41. The molecule has 9 heteroatoms. The molecule has 122 valence electrons. The predicted molar refractivity (Wildman–Crippen MR) is 89.7 cm³/mol. The smallest absolute Gasteiger partial charge is 0.368 e. The van der Waals surface area contributed by atoms with Crippen LogP contribution < -0.4 is 10.5 Å². The van der Waals surface area contributed by atoms with Gasteiger partial charge in [0, 0.05) is 5.56 Å². The molecule has 0 radical (unpaired) electrons. The van der Waals surface area contributed by atoms with Crippen molar-refractivity contribution >= 4 is 46.3 Å². The Bertz CT molecular complexity index is 802. The van der Waals surface area contributed by atoms with E-state index in [4.69, 9.17) is 22.1 Å². The molecule has 0 aliphatic rings. The van der Waals surface area contributed by atoms with Crippen LogP contribution in [-0.4, -0.2) is 18.1 Å². The number of rotatable bonds is 3. The van der Waals surface area contributed by atoms with Crippen molar-refractivity contribution in [2.24, 2.45) is 0 Å². The summed E-state index contributed by atoms with van der Waals surface area (Å²) in [6.07, 6.45) is 0. The third-order valence-electron chi connectivity index (χ3n) is 3.13. The van der Waals surface area contributed by atoms with Gasteiger partial charge in [0.15, 0.2) is 46.1 Å². The van der Waals surface area contributed by atoms with Crippen LogP contribution in [0, 0.1) is 18.6 Å². The summed E-state index contributed by atoms with van der Waals surface area (Å²) in [7, 11) is 1.29. The molecule has 0 amide bonds. The van der Waals surface area contributed by atoms with Crippen molar-refractivity contribution in [3.05, 3.63) is 40.0 Å². The van der Waals surface area contributed by atoms with E-state index in [-0.39, 0.29) is 11.3 Å². The predicted octanol–water partition coefficient (Wildman–Crippen LogP) is 4.09. The molecule has 1 heterocycles. The average Bonchev–Trinajstić information content (AvgIpc) is 2.53. The van der Waals surface area contributed by atoms with Gasteiger partial charge in [0.25, 0.3) is 0 Å². The minimum atomic E-state index is -1.04. The lowest BCUT2D eigenvalue weighted by Crippen LogP contribution is -2.09. The minimum absolute atomic E-state index is 0.0600. The number of anilines is 1. The lowest BCUT2D eigenvalue weighted by atomic mass is 10.1. The molecule has 0 saturated heterocycles. The molecule has 1 aromatic heterocycles. The normalized spacial score (nSPS) is 10.5. The summed E-state index contributed by atoms with van der Waals surface area (Å²) in [6.45, 7) is 1.63. The number of nitrogen functional groups attached to an aromatic ring is 1. The van der Waals surface area contributed by atoms with E-state index in [1.54, 1.807) is 6.92 Å². The van der Waals surface area contributed by atoms with E-state index in [1.165, 1.54) is 42.2 Å². The van der Waals surface area contributed by atoms with Crippen LogP contribution in [0.4, 0.5) is 14.5 Å². The summed E-state index contributed by atoms with van der Waals surface area (Å²) in [4.78, 5) is 15.4. The van der Waals surface area contributed by atoms with Gasteiger partial charge in [-0.05, 0) is 18.6 Å². The molecule has 0 fully saturated rings. The molecule has 0 aliphatic heterocycles. The van der Waals surface area contributed by atoms with E-state index < -0.39 is 39.7 Å². The van der Waals surface area contributed by atoms with Crippen molar-refractivity contribution in [3.63, 3.8) is 0 Å². The first kappa shape index (κ1) is 17.7. The molecule has 23 heavy (non-hydrogen) atoms. The van der Waals surface area contributed by atoms with E-state index in [0.717, 1.165) is 0 Å². The number of hydrogen-bond acceptors (Lipinski definition) is 5. The van der Waals surface area contributed by atoms with Crippen LogP contribution in [0.2, 0.25) is 5.02 Å². The van der Waals surface area contributed by atoms with Gasteiger partial charge in [0.1, 0.15) is 5.69 Å². The van der Waals surface area contributed by atoms with Crippen LogP contribution in [0.3, 0.4) is 0 Å². The molecule has 2 rings (SSSR count). The van der Waals surface area contributed by atoms with Crippen molar-refractivity contribution in [2.75, 3.05) is 12.8 Å². The number of benzene rings is 1. The van der Waals surface area contributed by atoms with Crippen LogP contribution >= 0.6 is 34.6 Å². The maximum absolute atomic E-state index is 14.5. The molecule has 1 aromatic carbocycles. The second-order valence-electron chi connectivity index (χ2n) is 4.49. The third-order valence-corrected chi connectivity index (χ3v) is 3.91. The van der Waals surface area contributed by atoms with E-state index >= 15 is 0 Å². The maximum atomic E-state index is 14.5. The van der Waals surface area contributed by atoms with Gasteiger partial charge < -0.3 is 13.5 Å². The van der Waals surface area contributed by atoms with Gasteiger partial charge in [-0.3, -0.25) is 0 Å². The second-order valence-corrected chi connectivity index (χ2v) is 5.31. The summed E-state index contributed by atoms with van der Waals surface area (Å²) in [5.41, 5.74) is 4.47. The molecular formula is C14H10ClF2IN2O3. The Kier molecular flexibility index (Phi) is 5.25. The zero-order valence-corrected chi connectivity index (χ0v) is 14.8. The number of ether oxygens (including phenoxy) is 1. The van der Waals surface area contributed by atoms with Gasteiger partial charge in [-0.15, -0.1) is 0 Å². The number of methoxy groups -OCH3 is 1. The Morgan fingerprint density at radius 2 is 2.00 bits per heavy atom. The average molecular weight is 455 g/mol. The highest BCUT2D eigenvalue weighted by atomic mass is 127. The van der Waals surface area contributed by atoms with Crippen molar-refractivity contribution in [3.8, 4) is 17.0 Å². The molecular weight excluding hydrogens is 445 g/mol.